The number of nitrogens with one attached hydrogen (secondary N) is 1. The molecule has 1 heterocycles. The number of benzene rings is 1. The first-order valence-electron chi connectivity index (χ1n) is 7.22. The smallest absolute Gasteiger partial charge is 0.450 e. The average molecular weight is 345 g/mol. The summed E-state index contributed by atoms with van der Waals surface area (Å²) in [7, 11) is 1.38. The maximum absolute atomic E-state index is 12.6. The van der Waals surface area contributed by atoms with E-state index >= 15 is 0 Å². The van der Waals surface area contributed by atoms with Gasteiger partial charge >= 0.3 is 12.2 Å². The second-order valence-corrected chi connectivity index (χ2v) is 4.96. The van der Waals surface area contributed by atoms with Gasteiger partial charge in [0.1, 0.15) is 0 Å². The van der Waals surface area contributed by atoms with Gasteiger partial charge in [0, 0.05) is 12.2 Å². The van der Waals surface area contributed by atoms with Crippen LogP contribution < -0.4 is 10.2 Å². The highest BCUT2D eigenvalue weighted by Crippen LogP contribution is 2.32. The van der Waals surface area contributed by atoms with Gasteiger partial charge in [0.25, 0.3) is 0 Å². The van der Waals surface area contributed by atoms with Crippen molar-refractivity contribution in [2.75, 3.05) is 25.3 Å². The Labute approximate surface area is 137 Å². The van der Waals surface area contributed by atoms with Gasteiger partial charge in [-0.05, 0) is 24.6 Å². The van der Waals surface area contributed by atoms with Crippen LogP contribution in [-0.4, -0.2) is 37.7 Å². The fourth-order valence-corrected chi connectivity index (χ4v) is 2.08. The standard InChI is InChI=1S/C15H18F3N3O3/c1-3-19-14(22)21(23-2)8-11-4-6-12(7-5-11)20-9-13(24-10-20)15(16,17)18/h4-7,9H,3,8,10H2,1-2H3,(H,19,22). The van der Waals surface area contributed by atoms with E-state index in [9.17, 15) is 18.0 Å². The van der Waals surface area contributed by atoms with Gasteiger partial charge in [0.2, 0.25) is 5.76 Å². The van der Waals surface area contributed by atoms with Gasteiger partial charge in [-0.25, -0.2) is 4.79 Å². The number of halogens is 3. The van der Waals surface area contributed by atoms with Crippen LogP contribution in [0.25, 0.3) is 0 Å². The van der Waals surface area contributed by atoms with E-state index in [0.29, 0.717) is 12.2 Å². The molecule has 0 spiro atoms. The van der Waals surface area contributed by atoms with E-state index in [0.717, 1.165) is 16.8 Å². The lowest BCUT2D eigenvalue weighted by atomic mass is 10.2. The van der Waals surface area contributed by atoms with Gasteiger partial charge in [-0.1, -0.05) is 12.1 Å². The maximum atomic E-state index is 12.6. The normalized spacial score (nSPS) is 14.2. The zero-order valence-electron chi connectivity index (χ0n) is 13.3. The van der Waals surface area contributed by atoms with Crippen molar-refractivity contribution in [3.63, 3.8) is 0 Å². The van der Waals surface area contributed by atoms with E-state index in [-0.39, 0.29) is 19.3 Å². The molecule has 132 valence electrons. The number of anilines is 1. The molecule has 0 saturated carbocycles. The van der Waals surface area contributed by atoms with Crippen molar-refractivity contribution in [2.24, 2.45) is 0 Å². The van der Waals surface area contributed by atoms with Crippen molar-refractivity contribution in [3.05, 3.63) is 41.8 Å². The van der Waals surface area contributed by atoms with Crippen molar-refractivity contribution in [3.8, 4) is 0 Å². The highest BCUT2D eigenvalue weighted by molar-refractivity contribution is 5.72. The third-order valence-corrected chi connectivity index (χ3v) is 3.28. The summed E-state index contributed by atoms with van der Waals surface area (Å²) in [5, 5.41) is 3.77. The van der Waals surface area contributed by atoms with Crippen LogP contribution >= 0.6 is 0 Å². The zero-order valence-corrected chi connectivity index (χ0v) is 13.3. The molecule has 24 heavy (non-hydrogen) atoms. The van der Waals surface area contributed by atoms with E-state index in [1.807, 2.05) is 0 Å². The summed E-state index contributed by atoms with van der Waals surface area (Å²) in [6.07, 6.45) is -3.58. The average Bonchev–Trinajstić information content (AvgIpc) is 3.03. The topological polar surface area (TPSA) is 54.0 Å². The monoisotopic (exact) mass is 345 g/mol. The Morgan fingerprint density at radius 1 is 1.38 bits per heavy atom. The van der Waals surface area contributed by atoms with Gasteiger partial charge < -0.3 is 15.0 Å². The molecule has 0 atom stereocenters. The van der Waals surface area contributed by atoms with E-state index in [2.05, 4.69) is 10.1 Å². The van der Waals surface area contributed by atoms with Crippen molar-refractivity contribution < 1.29 is 27.5 Å². The predicted octanol–water partition coefficient (Wildman–Crippen LogP) is 2.98. The molecule has 0 aromatic heterocycles. The number of nitrogens with zero attached hydrogens (tertiary/aromatic N) is 2. The summed E-state index contributed by atoms with van der Waals surface area (Å²) in [5.74, 6) is -1.02. The number of carbonyl (C=O) groups is 1. The van der Waals surface area contributed by atoms with Crippen LogP contribution in [0.1, 0.15) is 12.5 Å². The molecule has 0 fully saturated rings. The highest BCUT2D eigenvalue weighted by Gasteiger charge is 2.39. The Balaban J connectivity index is 2.03. The number of hydrogen-bond donors (Lipinski definition) is 1. The predicted molar refractivity (Wildman–Crippen MR) is 80.6 cm³/mol. The molecule has 1 aliphatic rings. The largest absolute Gasteiger partial charge is 0.466 e. The lowest BCUT2D eigenvalue weighted by Gasteiger charge is -2.20. The Kier molecular flexibility index (Phi) is 5.55. The first-order valence-corrected chi connectivity index (χ1v) is 7.22. The van der Waals surface area contributed by atoms with Crippen LogP contribution in [0, 0.1) is 0 Å². The Bertz CT molecular complexity index is 602. The van der Waals surface area contributed by atoms with Crippen LogP contribution in [-0.2, 0) is 16.1 Å². The van der Waals surface area contributed by atoms with Gasteiger partial charge in [-0.15, -0.1) is 0 Å². The van der Waals surface area contributed by atoms with Crippen LogP contribution in [0.15, 0.2) is 36.2 Å². The first kappa shape index (κ1) is 17.9. The minimum atomic E-state index is -4.50. The summed E-state index contributed by atoms with van der Waals surface area (Å²) in [6, 6.07) is 6.36. The van der Waals surface area contributed by atoms with Crippen molar-refractivity contribution in [2.45, 2.75) is 19.6 Å². The molecule has 1 aromatic rings. The number of alkyl halides is 3. The SMILES string of the molecule is CCNC(=O)N(Cc1ccc(N2C=C(C(F)(F)F)OC2)cc1)OC. The van der Waals surface area contributed by atoms with Crippen LogP contribution in [0.3, 0.4) is 0 Å². The number of carbonyl (C=O) groups excluding carboxylic acids is 1. The van der Waals surface area contributed by atoms with Crippen molar-refractivity contribution >= 4 is 11.7 Å². The van der Waals surface area contributed by atoms with Gasteiger partial charge in [0.05, 0.1) is 19.9 Å². The van der Waals surface area contributed by atoms with Gasteiger partial charge in [-0.2, -0.15) is 18.2 Å². The minimum Gasteiger partial charge on any atom is -0.466 e. The molecule has 6 nitrogen and oxygen atoms in total. The molecule has 0 aliphatic carbocycles. The summed E-state index contributed by atoms with van der Waals surface area (Å²) in [4.78, 5) is 18.1. The third kappa shape index (κ3) is 4.31. The number of amides is 2. The molecule has 0 bridgehead atoms. The first-order chi connectivity index (χ1) is 11.3. The lowest BCUT2D eigenvalue weighted by Crippen LogP contribution is -2.38. The fraction of sp³-hybridized carbons (Fsp3) is 0.400. The van der Waals surface area contributed by atoms with Crippen LogP contribution in [0.2, 0.25) is 0 Å². The van der Waals surface area contributed by atoms with E-state index in [1.165, 1.54) is 12.0 Å². The number of ether oxygens (including phenoxy) is 1. The molecule has 1 aromatic carbocycles. The Morgan fingerprint density at radius 2 is 2.04 bits per heavy atom. The second kappa shape index (κ2) is 7.43. The molecule has 0 radical (unpaired) electrons. The number of allylic oxidation sites excluding steroid dienone is 1. The summed E-state index contributed by atoms with van der Waals surface area (Å²) < 4.78 is 42.3. The molecule has 2 amide bonds. The van der Waals surface area contributed by atoms with E-state index in [4.69, 9.17) is 4.84 Å². The summed E-state index contributed by atoms with van der Waals surface area (Å²) >= 11 is 0. The molecule has 1 N–H and O–H groups in total. The summed E-state index contributed by atoms with van der Waals surface area (Å²) in [6.45, 7) is 2.28. The molecule has 1 aliphatic heterocycles. The van der Waals surface area contributed by atoms with Crippen LogP contribution in [0.5, 0.6) is 0 Å². The molecule has 9 heteroatoms. The quantitative estimate of drug-likeness (QED) is 0.834. The zero-order chi connectivity index (χ0) is 17.7. The number of rotatable bonds is 5. The number of urea groups is 1. The Hall–Kier alpha value is -2.42. The van der Waals surface area contributed by atoms with Crippen LogP contribution in [0.4, 0.5) is 23.7 Å². The number of hydrogen-bond acceptors (Lipinski definition) is 4. The molecular formula is C15H18F3N3O3. The molecular weight excluding hydrogens is 327 g/mol. The molecule has 0 saturated heterocycles. The van der Waals surface area contributed by atoms with E-state index in [1.54, 1.807) is 31.2 Å². The molecule has 2 rings (SSSR count). The Morgan fingerprint density at radius 3 is 2.54 bits per heavy atom. The van der Waals surface area contributed by atoms with Gasteiger partial charge in [-0.3, -0.25) is 4.84 Å². The third-order valence-electron chi connectivity index (χ3n) is 3.28. The lowest BCUT2D eigenvalue weighted by molar-refractivity contribution is -0.126. The minimum absolute atomic E-state index is 0.197. The maximum Gasteiger partial charge on any atom is 0.450 e. The second-order valence-electron chi connectivity index (χ2n) is 4.96. The van der Waals surface area contributed by atoms with Gasteiger partial charge in [0.15, 0.2) is 6.73 Å². The number of hydroxylamine groups is 2. The highest BCUT2D eigenvalue weighted by atomic mass is 19.4. The van der Waals surface area contributed by atoms with Crippen molar-refractivity contribution in [1.82, 2.24) is 10.4 Å². The summed E-state index contributed by atoms with van der Waals surface area (Å²) in [5.41, 5.74) is 1.33. The fourth-order valence-electron chi connectivity index (χ4n) is 2.08. The molecule has 0 unspecified atom stereocenters. The van der Waals surface area contributed by atoms with Crippen molar-refractivity contribution in [1.29, 1.82) is 0 Å². The van der Waals surface area contributed by atoms with E-state index < -0.39 is 11.9 Å².